The van der Waals surface area contributed by atoms with Gasteiger partial charge >= 0.3 is 6.03 Å². The molecule has 0 spiro atoms. The summed E-state index contributed by atoms with van der Waals surface area (Å²) in [4.78, 5) is 28.1. The number of nitrogens with one attached hydrogen (secondary N) is 2. The fourth-order valence-corrected chi connectivity index (χ4v) is 3.52. The van der Waals surface area contributed by atoms with E-state index < -0.39 is 11.9 Å². The van der Waals surface area contributed by atoms with Gasteiger partial charge in [0.15, 0.2) is 11.0 Å². The van der Waals surface area contributed by atoms with E-state index in [-0.39, 0.29) is 5.75 Å². The summed E-state index contributed by atoms with van der Waals surface area (Å²) < 4.78 is 2.07. The number of urea groups is 1. The van der Waals surface area contributed by atoms with Crippen molar-refractivity contribution in [2.75, 3.05) is 11.1 Å². The van der Waals surface area contributed by atoms with Gasteiger partial charge < -0.3 is 5.32 Å². The molecule has 2 aromatic heterocycles. The first kappa shape index (κ1) is 18.2. The van der Waals surface area contributed by atoms with E-state index in [0.717, 1.165) is 24.2 Å². The zero-order valence-corrected chi connectivity index (χ0v) is 15.7. The predicted octanol–water partition coefficient (Wildman–Crippen LogP) is 3.12. The van der Waals surface area contributed by atoms with Crippen molar-refractivity contribution in [3.05, 3.63) is 54.9 Å². The molecule has 2 N–H and O–H groups in total. The summed E-state index contributed by atoms with van der Waals surface area (Å²) in [5.74, 6) is 0.451. The van der Waals surface area contributed by atoms with Gasteiger partial charge in [-0.3, -0.25) is 19.7 Å². The Balaban J connectivity index is 1.38. The quantitative estimate of drug-likeness (QED) is 0.623. The molecule has 0 atom stereocenters. The van der Waals surface area contributed by atoms with Gasteiger partial charge in [0.2, 0.25) is 5.91 Å². The molecule has 3 aromatic rings. The molecule has 28 heavy (non-hydrogen) atoms. The average Bonchev–Trinajstić information content (AvgIpc) is 3.46. The number of pyridine rings is 1. The lowest BCUT2D eigenvalue weighted by Gasteiger charge is -2.09. The van der Waals surface area contributed by atoms with Crippen LogP contribution in [0.5, 0.6) is 0 Å². The molecule has 1 aliphatic carbocycles. The second-order valence-corrected chi connectivity index (χ2v) is 7.24. The summed E-state index contributed by atoms with van der Waals surface area (Å²) in [6.45, 7) is 0. The van der Waals surface area contributed by atoms with Crippen molar-refractivity contribution in [2.45, 2.75) is 24.0 Å². The lowest BCUT2D eigenvalue weighted by atomic mass is 10.2. The molecular weight excluding hydrogens is 376 g/mol. The van der Waals surface area contributed by atoms with Crippen LogP contribution in [0.3, 0.4) is 0 Å². The van der Waals surface area contributed by atoms with E-state index in [0.29, 0.717) is 16.9 Å². The van der Waals surface area contributed by atoms with Crippen LogP contribution in [0.25, 0.3) is 11.4 Å². The second kappa shape index (κ2) is 8.22. The van der Waals surface area contributed by atoms with Gasteiger partial charge in [0.1, 0.15) is 0 Å². The van der Waals surface area contributed by atoms with Crippen LogP contribution in [0.4, 0.5) is 10.5 Å². The number of carbonyl (C=O) groups is 2. The molecule has 9 heteroatoms. The maximum atomic E-state index is 12.1. The fourth-order valence-electron chi connectivity index (χ4n) is 2.71. The Hall–Kier alpha value is -3.20. The van der Waals surface area contributed by atoms with E-state index in [9.17, 15) is 9.59 Å². The minimum Gasteiger partial charge on any atom is -0.308 e. The van der Waals surface area contributed by atoms with Crippen molar-refractivity contribution in [1.29, 1.82) is 0 Å². The number of carbonyl (C=O) groups excluding carboxylic acids is 2. The van der Waals surface area contributed by atoms with Crippen LogP contribution < -0.4 is 10.6 Å². The largest absolute Gasteiger partial charge is 0.325 e. The SMILES string of the molecule is O=C(CSc1nnc(-c2ccncc2)n1C1CC1)NC(=O)Nc1ccccc1. The van der Waals surface area contributed by atoms with Crippen LogP contribution >= 0.6 is 11.8 Å². The van der Waals surface area contributed by atoms with Crippen molar-refractivity contribution in [3.8, 4) is 11.4 Å². The molecule has 2 heterocycles. The Morgan fingerprint density at radius 1 is 1.07 bits per heavy atom. The Morgan fingerprint density at radius 2 is 1.82 bits per heavy atom. The number of rotatable bonds is 6. The highest BCUT2D eigenvalue weighted by atomic mass is 32.2. The summed E-state index contributed by atoms with van der Waals surface area (Å²) in [6, 6.07) is 12.5. The van der Waals surface area contributed by atoms with E-state index in [1.165, 1.54) is 11.8 Å². The molecule has 142 valence electrons. The molecule has 8 nitrogen and oxygen atoms in total. The first-order valence-corrected chi connectivity index (χ1v) is 9.83. The average molecular weight is 394 g/mol. The molecular formula is C19H18N6O2S. The van der Waals surface area contributed by atoms with Crippen molar-refractivity contribution in [2.24, 2.45) is 0 Å². The number of thioether (sulfide) groups is 1. The van der Waals surface area contributed by atoms with Crippen LogP contribution in [0.15, 0.2) is 60.0 Å². The fraction of sp³-hybridized carbons (Fsp3) is 0.211. The molecule has 0 saturated heterocycles. The van der Waals surface area contributed by atoms with E-state index in [2.05, 4.69) is 30.4 Å². The summed E-state index contributed by atoms with van der Waals surface area (Å²) in [6.07, 6.45) is 5.56. The monoisotopic (exact) mass is 394 g/mol. The summed E-state index contributed by atoms with van der Waals surface area (Å²) in [5.41, 5.74) is 1.56. The zero-order valence-electron chi connectivity index (χ0n) is 14.9. The highest BCUT2D eigenvalue weighted by molar-refractivity contribution is 7.99. The third-order valence-electron chi connectivity index (χ3n) is 4.13. The second-order valence-electron chi connectivity index (χ2n) is 6.30. The summed E-state index contributed by atoms with van der Waals surface area (Å²) >= 11 is 1.27. The third-order valence-corrected chi connectivity index (χ3v) is 5.08. The zero-order chi connectivity index (χ0) is 19.3. The van der Waals surface area contributed by atoms with E-state index in [1.54, 1.807) is 36.7 Å². The third kappa shape index (κ3) is 4.37. The number of anilines is 1. The molecule has 1 aliphatic rings. The van der Waals surface area contributed by atoms with E-state index in [1.807, 2.05) is 18.2 Å². The van der Waals surface area contributed by atoms with Gasteiger partial charge in [-0.25, -0.2) is 4.79 Å². The van der Waals surface area contributed by atoms with Gasteiger partial charge in [0.25, 0.3) is 0 Å². The van der Waals surface area contributed by atoms with Gasteiger partial charge in [-0.2, -0.15) is 0 Å². The maximum absolute atomic E-state index is 12.1. The van der Waals surface area contributed by atoms with Gasteiger partial charge in [-0.1, -0.05) is 30.0 Å². The maximum Gasteiger partial charge on any atom is 0.325 e. The molecule has 0 radical (unpaired) electrons. The smallest absolute Gasteiger partial charge is 0.308 e. The highest BCUT2D eigenvalue weighted by Gasteiger charge is 2.30. The molecule has 3 amide bonds. The molecule has 0 bridgehead atoms. The number of para-hydroxylation sites is 1. The van der Waals surface area contributed by atoms with Crippen LogP contribution in [0.2, 0.25) is 0 Å². The van der Waals surface area contributed by atoms with Crippen LogP contribution in [-0.4, -0.2) is 37.4 Å². The van der Waals surface area contributed by atoms with Crippen molar-refractivity contribution in [3.63, 3.8) is 0 Å². The number of hydrogen-bond acceptors (Lipinski definition) is 6. The molecule has 1 aromatic carbocycles. The topological polar surface area (TPSA) is 102 Å². The van der Waals surface area contributed by atoms with E-state index >= 15 is 0 Å². The number of benzene rings is 1. The number of hydrogen-bond donors (Lipinski definition) is 2. The number of amides is 3. The molecule has 0 aliphatic heterocycles. The summed E-state index contributed by atoms with van der Waals surface area (Å²) in [5, 5.41) is 14.2. The number of imide groups is 1. The first-order valence-electron chi connectivity index (χ1n) is 8.84. The highest BCUT2D eigenvalue weighted by Crippen LogP contribution is 2.40. The number of aromatic nitrogens is 4. The van der Waals surface area contributed by atoms with Gasteiger partial charge in [0.05, 0.1) is 5.75 Å². The van der Waals surface area contributed by atoms with Gasteiger partial charge in [-0.15, -0.1) is 10.2 Å². The Labute approximate surface area is 165 Å². The minimum atomic E-state index is -0.557. The van der Waals surface area contributed by atoms with Gasteiger partial charge in [-0.05, 0) is 37.1 Å². The molecule has 4 rings (SSSR count). The van der Waals surface area contributed by atoms with Crippen molar-refractivity contribution < 1.29 is 9.59 Å². The standard InChI is InChI=1S/C19H18N6O2S/c26-16(22-18(27)21-14-4-2-1-3-5-14)12-28-19-24-23-17(25(19)15-6-7-15)13-8-10-20-11-9-13/h1-5,8-11,15H,6-7,12H2,(H2,21,22,26,27). The number of nitrogens with zero attached hydrogens (tertiary/aromatic N) is 4. The van der Waals surface area contributed by atoms with Crippen LogP contribution in [-0.2, 0) is 4.79 Å². The summed E-state index contributed by atoms with van der Waals surface area (Å²) in [7, 11) is 0. The molecule has 1 fully saturated rings. The Morgan fingerprint density at radius 3 is 2.54 bits per heavy atom. The van der Waals surface area contributed by atoms with Gasteiger partial charge in [0, 0.05) is 29.7 Å². The lowest BCUT2D eigenvalue weighted by Crippen LogP contribution is -2.35. The van der Waals surface area contributed by atoms with Crippen molar-refractivity contribution in [1.82, 2.24) is 25.1 Å². The first-order chi connectivity index (χ1) is 13.7. The Kier molecular flexibility index (Phi) is 5.34. The molecule has 1 saturated carbocycles. The van der Waals surface area contributed by atoms with Crippen molar-refractivity contribution >= 4 is 29.4 Å². The molecule has 0 unspecified atom stereocenters. The normalized spacial score (nSPS) is 13.1. The van der Waals surface area contributed by atoms with E-state index in [4.69, 9.17) is 0 Å². The lowest BCUT2D eigenvalue weighted by molar-refractivity contribution is -0.117. The van der Waals surface area contributed by atoms with Crippen LogP contribution in [0.1, 0.15) is 18.9 Å². The minimum absolute atomic E-state index is 0.0728. The van der Waals surface area contributed by atoms with Crippen LogP contribution in [0, 0.1) is 0 Å². The Bertz CT molecular complexity index is 973. The predicted molar refractivity (Wildman–Crippen MR) is 106 cm³/mol.